The Hall–Kier alpha value is -3.30. The zero-order valence-electron chi connectivity index (χ0n) is 17.9. The van der Waals surface area contributed by atoms with Crippen molar-refractivity contribution in [1.29, 1.82) is 0 Å². The summed E-state index contributed by atoms with van der Waals surface area (Å²) in [6.07, 6.45) is 0. The van der Waals surface area contributed by atoms with Crippen molar-refractivity contribution in [3.8, 4) is 0 Å². The molecule has 9 heteroatoms. The number of carbonyl (C=O) groups excluding carboxylic acids is 2. The van der Waals surface area contributed by atoms with Crippen molar-refractivity contribution in [3.63, 3.8) is 0 Å². The molecule has 7 nitrogen and oxygen atoms in total. The summed E-state index contributed by atoms with van der Waals surface area (Å²) in [5.41, 5.74) is 1.37. The molecule has 1 atom stereocenters. The first-order valence-corrected chi connectivity index (χ1v) is 11.0. The molecule has 0 fully saturated rings. The average Bonchev–Trinajstić information content (AvgIpc) is 3.27. The van der Waals surface area contributed by atoms with Gasteiger partial charge < -0.3 is 20.3 Å². The molecule has 2 N–H and O–H groups in total. The van der Waals surface area contributed by atoms with Crippen LogP contribution in [0.4, 0.5) is 14.9 Å². The highest BCUT2D eigenvalue weighted by Gasteiger charge is 2.19. The number of halogens is 1. The monoisotopic (exact) mass is 456 g/mol. The number of carbonyl (C=O) groups is 2. The van der Waals surface area contributed by atoms with Crippen molar-refractivity contribution in [2.24, 2.45) is 0 Å². The first-order chi connectivity index (χ1) is 15.5. The fraction of sp³-hybridized carbons (Fsp3) is 0.261. The maximum absolute atomic E-state index is 13.9. The summed E-state index contributed by atoms with van der Waals surface area (Å²) in [5, 5.41) is 7.74. The Labute approximate surface area is 190 Å². The van der Waals surface area contributed by atoms with E-state index in [1.807, 2.05) is 37.3 Å². The summed E-state index contributed by atoms with van der Waals surface area (Å²) >= 11 is 1.28. The second-order valence-electron chi connectivity index (χ2n) is 7.06. The Morgan fingerprint density at radius 3 is 2.59 bits per heavy atom. The van der Waals surface area contributed by atoms with E-state index in [1.54, 1.807) is 17.5 Å². The number of rotatable bonds is 9. The minimum absolute atomic E-state index is 0.0917. The van der Waals surface area contributed by atoms with Gasteiger partial charge in [0.05, 0.1) is 24.9 Å². The lowest BCUT2D eigenvalue weighted by Crippen LogP contribution is -2.37. The number of hydrogen-bond donors (Lipinski definition) is 2. The molecule has 1 heterocycles. The van der Waals surface area contributed by atoms with Gasteiger partial charge in [-0.15, -0.1) is 11.3 Å². The molecule has 1 aromatic heterocycles. The molecule has 0 saturated carbocycles. The van der Waals surface area contributed by atoms with Crippen LogP contribution in [0, 0.1) is 5.82 Å². The van der Waals surface area contributed by atoms with Gasteiger partial charge in [0.1, 0.15) is 16.5 Å². The van der Waals surface area contributed by atoms with Gasteiger partial charge in [0.2, 0.25) is 0 Å². The molecule has 3 aromatic rings. The van der Waals surface area contributed by atoms with Crippen LogP contribution >= 0.6 is 11.3 Å². The van der Waals surface area contributed by atoms with E-state index in [1.165, 1.54) is 35.5 Å². The lowest BCUT2D eigenvalue weighted by atomic mass is 10.1. The van der Waals surface area contributed by atoms with Crippen LogP contribution in [0.15, 0.2) is 60.0 Å². The molecule has 168 valence electrons. The second-order valence-corrected chi connectivity index (χ2v) is 8.00. The Morgan fingerprint density at radius 2 is 1.88 bits per heavy atom. The average molecular weight is 457 g/mol. The van der Waals surface area contributed by atoms with Crippen LogP contribution in [-0.2, 0) is 11.3 Å². The van der Waals surface area contributed by atoms with Crippen molar-refractivity contribution >= 4 is 29.0 Å². The molecule has 2 aromatic carbocycles. The Morgan fingerprint density at radius 1 is 1.16 bits per heavy atom. The molecule has 0 radical (unpaired) electrons. The maximum Gasteiger partial charge on any atom is 0.322 e. The van der Waals surface area contributed by atoms with Gasteiger partial charge in [-0.3, -0.25) is 4.79 Å². The van der Waals surface area contributed by atoms with Crippen molar-refractivity contribution < 1.29 is 18.7 Å². The van der Waals surface area contributed by atoms with E-state index in [0.717, 1.165) is 5.56 Å². The number of benzene rings is 2. The number of amides is 3. The Kier molecular flexibility index (Phi) is 8.29. The molecular formula is C23H25FN4O3S. The number of anilines is 1. The van der Waals surface area contributed by atoms with Crippen LogP contribution in [0.2, 0.25) is 0 Å². The third-order valence-electron chi connectivity index (χ3n) is 4.73. The van der Waals surface area contributed by atoms with E-state index in [4.69, 9.17) is 4.74 Å². The third-order valence-corrected chi connectivity index (χ3v) is 5.56. The quantitative estimate of drug-likeness (QED) is 0.498. The Balaban J connectivity index is 1.65. The molecule has 0 bridgehead atoms. The number of nitrogens with zero attached hydrogens (tertiary/aromatic N) is 2. The number of nitrogens with one attached hydrogen (secondary N) is 2. The number of ether oxygens (including phenoxy) is 1. The minimum Gasteiger partial charge on any atom is -0.383 e. The molecule has 0 aliphatic heterocycles. The molecule has 32 heavy (non-hydrogen) atoms. The summed E-state index contributed by atoms with van der Waals surface area (Å²) in [7, 11) is 1.53. The van der Waals surface area contributed by atoms with Crippen molar-refractivity contribution in [2.45, 2.75) is 19.5 Å². The van der Waals surface area contributed by atoms with E-state index in [2.05, 4.69) is 15.6 Å². The van der Waals surface area contributed by atoms with Crippen LogP contribution in [0.3, 0.4) is 0 Å². The molecule has 0 aliphatic rings. The topological polar surface area (TPSA) is 83.6 Å². The van der Waals surface area contributed by atoms with Gasteiger partial charge in [-0.05, 0) is 24.6 Å². The standard InChI is InChI=1S/C23H25FN4O3S/c1-16(17-8-4-3-5-9-17)25-22(29)20-15-32-21(26-20)14-28(12-13-31-2)23(30)27-19-11-7-6-10-18(19)24/h3-11,15-16H,12-14H2,1-2H3,(H,25,29)(H,27,30). The zero-order chi connectivity index (χ0) is 22.9. The fourth-order valence-electron chi connectivity index (χ4n) is 2.96. The first-order valence-electron chi connectivity index (χ1n) is 10.1. The van der Waals surface area contributed by atoms with Gasteiger partial charge in [0, 0.05) is 19.0 Å². The molecule has 0 saturated heterocycles. The van der Waals surface area contributed by atoms with Crippen molar-refractivity contribution in [3.05, 3.63) is 82.1 Å². The van der Waals surface area contributed by atoms with E-state index < -0.39 is 11.8 Å². The largest absolute Gasteiger partial charge is 0.383 e. The number of para-hydroxylation sites is 1. The third kappa shape index (κ3) is 6.35. The van der Waals surface area contributed by atoms with E-state index in [9.17, 15) is 14.0 Å². The predicted molar refractivity (Wildman–Crippen MR) is 122 cm³/mol. The van der Waals surface area contributed by atoms with Gasteiger partial charge in [0.25, 0.3) is 5.91 Å². The minimum atomic E-state index is -0.520. The van der Waals surface area contributed by atoms with Gasteiger partial charge in [-0.2, -0.15) is 0 Å². The first kappa shape index (κ1) is 23.4. The number of urea groups is 1. The number of hydrogen-bond acceptors (Lipinski definition) is 5. The number of methoxy groups -OCH3 is 1. The van der Waals surface area contributed by atoms with Crippen molar-refractivity contribution in [2.75, 3.05) is 25.6 Å². The summed E-state index contributed by atoms with van der Waals surface area (Å²) in [6.45, 7) is 2.65. The van der Waals surface area contributed by atoms with E-state index >= 15 is 0 Å². The van der Waals surface area contributed by atoms with Gasteiger partial charge in [0.15, 0.2) is 0 Å². The lowest BCUT2D eigenvalue weighted by molar-refractivity contribution is 0.0935. The molecule has 1 unspecified atom stereocenters. The molecule has 3 rings (SSSR count). The smallest absolute Gasteiger partial charge is 0.322 e. The van der Waals surface area contributed by atoms with E-state index in [0.29, 0.717) is 11.6 Å². The SMILES string of the molecule is COCCN(Cc1nc(C(=O)NC(C)c2ccccc2)cs1)C(=O)Nc1ccccc1F. The highest BCUT2D eigenvalue weighted by molar-refractivity contribution is 7.09. The molecule has 0 spiro atoms. The highest BCUT2D eigenvalue weighted by Crippen LogP contribution is 2.17. The van der Waals surface area contributed by atoms with Crippen LogP contribution in [0.25, 0.3) is 0 Å². The Bertz CT molecular complexity index is 1040. The fourth-order valence-corrected chi connectivity index (χ4v) is 3.75. The van der Waals surface area contributed by atoms with Crippen LogP contribution in [0.5, 0.6) is 0 Å². The summed E-state index contributed by atoms with van der Waals surface area (Å²) in [4.78, 5) is 31.1. The summed E-state index contributed by atoms with van der Waals surface area (Å²) < 4.78 is 19.0. The summed E-state index contributed by atoms with van der Waals surface area (Å²) in [6, 6.07) is 14.9. The number of aromatic nitrogens is 1. The second kappa shape index (κ2) is 11.4. The molecular weight excluding hydrogens is 431 g/mol. The van der Waals surface area contributed by atoms with Gasteiger partial charge in [-0.25, -0.2) is 14.2 Å². The lowest BCUT2D eigenvalue weighted by Gasteiger charge is -2.22. The maximum atomic E-state index is 13.9. The molecule has 3 amide bonds. The number of thiazole rings is 1. The van der Waals surface area contributed by atoms with Crippen molar-refractivity contribution in [1.82, 2.24) is 15.2 Å². The summed E-state index contributed by atoms with van der Waals surface area (Å²) in [5.74, 6) is -0.809. The van der Waals surface area contributed by atoms with Gasteiger partial charge >= 0.3 is 6.03 Å². The van der Waals surface area contributed by atoms with Crippen LogP contribution in [0.1, 0.15) is 34.0 Å². The predicted octanol–water partition coefficient (Wildman–Crippen LogP) is 4.45. The van der Waals surface area contributed by atoms with Crippen LogP contribution in [-0.4, -0.2) is 42.1 Å². The highest BCUT2D eigenvalue weighted by atomic mass is 32.1. The van der Waals surface area contributed by atoms with Gasteiger partial charge in [-0.1, -0.05) is 42.5 Å². The zero-order valence-corrected chi connectivity index (χ0v) is 18.7. The van der Waals surface area contributed by atoms with E-state index in [-0.39, 0.29) is 36.4 Å². The van der Waals surface area contributed by atoms with Crippen LogP contribution < -0.4 is 10.6 Å². The normalized spacial score (nSPS) is 11.6. The molecule has 0 aliphatic carbocycles.